The van der Waals surface area contributed by atoms with Gasteiger partial charge in [-0.2, -0.15) is 0 Å². The number of rotatable bonds is 4. The molecule has 22 heavy (non-hydrogen) atoms. The molecule has 116 valence electrons. The molecule has 0 fully saturated rings. The van der Waals surface area contributed by atoms with E-state index in [1.807, 2.05) is 51.1 Å². The smallest absolute Gasteiger partial charge is 0.265 e. The number of para-hydroxylation sites is 1. The highest BCUT2D eigenvalue weighted by Crippen LogP contribution is 2.25. The van der Waals surface area contributed by atoms with E-state index in [0.717, 1.165) is 32.6 Å². The monoisotopic (exact) mass is 361 g/mol. The number of anilines is 1. The summed E-state index contributed by atoms with van der Waals surface area (Å²) in [5, 5.41) is 2.87. The topological polar surface area (TPSA) is 38.3 Å². The van der Waals surface area contributed by atoms with Gasteiger partial charge < -0.3 is 10.1 Å². The molecule has 3 nitrogen and oxygen atoms in total. The number of amides is 1. The molecule has 2 rings (SSSR count). The van der Waals surface area contributed by atoms with Crippen molar-refractivity contribution in [2.45, 2.75) is 33.8 Å². The second-order valence-electron chi connectivity index (χ2n) is 5.43. The van der Waals surface area contributed by atoms with Crippen LogP contribution in [0.5, 0.6) is 5.75 Å². The fourth-order valence-corrected chi connectivity index (χ4v) is 2.55. The first-order valence-electron chi connectivity index (χ1n) is 7.18. The molecule has 4 heteroatoms. The summed E-state index contributed by atoms with van der Waals surface area (Å²) in [5.41, 5.74) is 4.08. The average Bonchev–Trinajstić information content (AvgIpc) is 2.46. The quantitative estimate of drug-likeness (QED) is 0.850. The Morgan fingerprint density at radius 1 is 1.18 bits per heavy atom. The van der Waals surface area contributed by atoms with Crippen LogP contribution in [0.15, 0.2) is 40.9 Å². The maximum atomic E-state index is 12.3. The number of nitrogens with one attached hydrogen (secondary N) is 1. The maximum Gasteiger partial charge on any atom is 0.265 e. The van der Waals surface area contributed by atoms with Gasteiger partial charge in [0, 0.05) is 4.47 Å². The van der Waals surface area contributed by atoms with Crippen molar-refractivity contribution in [1.29, 1.82) is 0 Å². The van der Waals surface area contributed by atoms with Gasteiger partial charge in [0.1, 0.15) is 5.75 Å². The molecule has 0 aliphatic heterocycles. The van der Waals surface area contributed by atoms with Crippen LogP contribution in [-0.2, 0) is 4.79 Å². The van der Waals surface area contributed by atoms with Gasteiger partial charge in [-0.25, -0.2) is 0 Å². The van der Waals surface area contributed by atoms with Gasteiger partial charge in [-0.1, -0.05) is 18.2 Å². The lowest BCUT2D eigenvalue weighted by Crippen LogP contribution is -2.30. The summed E-state index contributed by atoms with van der Waals surface area (Å²) in [4.78, 5) is 12.3. The lowest BCUT2D eigenvalue weighted by atomic mass is 10.1. The third-order valence-electron chi connectivity index (χ3n) is 3.57. The van der Waals surface area contributed by atoms with E-state index in [1.54, 1.807) is 6.92 Å². The molecule has 2 aromatic carbocycles. The molecule has 1 amide bonds. The van der Waals surface area contributed by atoms with E-state index in [-0.39, 0.29) is 5.91 Å². The summed E-state index contributed by atoms with van der Waals surface area (Å²) >= 11 is 3.42. The SMILES string of the molecule is Cc1cc(C)c(C)c(OC(C)C(=O)Nc2ccccc2Br)c1. The molecule has 0 spiro atoms. The Balaban J connectivity index is 2.11. The predicted octanol–water partition coefficient (Wildman–Crippen LogP) is 4.78. The normalized spacial score (nSPS) is 11.9. The number of benzene rings is 2. The molecule has 0 bridgehead atoms. The Hall–Kier alpha value is -1.81. The lowest BCUT2D eigenvalue weighted by Gasteiger charge is -2.18. The van der Waals surface area contributed by atoms with Crippen LogP contribution >= 0.6 is 15.9 Å². The van der Waals surface area contributed by atoms with E-state index in [2.05, 4.69) is 27.3 Å². The Morgan fingerprint density at radius 3 is 2.55 bits per heavy atom. The highest BCUT2D eigenvalue weighted by molar-refractivity contribution is 9.10. The van der Waals surface area contributed by atoms with Gasteiger partial charge in [-0.05, 0) is 78.5 Å². The van der Waals surface area contributed by atoms with Crippen molar-refractivity contribution < 1.29 is 9.53 Å². The van der Waals surface area contributed by atoms with E-state index in [0.29, 0.717) is 0 Å². The Morgan fingerprint density at radius 2 is 1.86 bits per heavy atom. The molecule has 1 atom stereocenters. The van der Waals surface area contributed by atoms with Crippen molar-refractivity contribution in [1.82, 2.24) is 0 Å². The van der Waals surface area contributed by atoms with E-state index < -0.39 is 6.10 Å². The Labute approximate surface area is 139 Å². The average molecular weight is 362 g/mol. The zero-order chi connectivity index (χ0) is 16.3. The van der Waals surface area contributed by atoms with Gasteiger partial charge in [0.15, 0.2) is 6.10 Å². The molecular formula is C18H20BrNO2. The van der Waals surface area contributed by atoms with Gasteiger partial charge in [0.25, 0.3) is 5.91 Å². The van der Waals surface area contributed by atoms with E-state index in [9.17, 15) is 4.79 Å². The van der Waals surface area contributed by atoms with E-state index in [1.165, 1.54) is 0 Å². The molecule has 0 radical (unpaired) electrons. The highest BCUT2D eigenvalue weighted by Gasteiger charge is 2.17. The number of aryl methyl sites for hydroxylation is 2. The number of halogens is 1. The van der Waals surface area contributed by atoms with Gasteiger partial charge >= 0.3 is 0 Å². The van der Waals surface area contributed by atoms with E-state index >= 15 is 0 Å². The van der Waals surface area contributed by atoms with Gasteiger partial charge in [-0.15, -0.1) is 0 Å². The lowest BCUT2D eigenvalue weighted by molar-refractivity contribution is -0.122. The molecule has 1 N–H and O–H groups in total. The zero-order valence-electron chi connectivity index (χ0n) is 13.2. The second kappa shape index (κ2) is 6.97. The summed E-state index contributed by atoms with van der Waals surface area (Å²) in [6.45, 7) is 7.82. The fraction of sp³-hybridized carbons (Fsp3) is 0.278. The van der Waals surface area contributed by atoms with Crippen molar-refractivity contribution in [3.63, 3.8) is 0 Å². The molecule has 0 saturated heterocycles. The summed E-state index contributed by atoms with van der Waals surface area (Å²) < 4.78 is 6.70. The standard InChI is InChI=1S/C18H20BrNO2/c1-11-9-12(2)13(3)17(10-11)22-14(4)18(21)20-16-8-6-5-7-15(16)19/h5-10,14H,1-4H3,(H,20,21). The number of carbonyl (C=O) groups excluding carboxylic acids is 1. The molecule has 0 aromatic heterocycles. The molecule has 0 heterocycles. The zero-order valence-corrected chi connectivity index (χ0v) is 14.8. The van der Waals surface area contributed by atoms with Crippen LogP contribution in [0.1, 0.15) is 23.6 Å². The largest absolute Gasteiger partial charge is 0.481 e. The number of ether oxygens (including phenoxy) is 1. The van der Waals surface area contributed by atoms with Crippen molar-refractivity contribution in [3.8, 4) is 5.75 Å². The first-order valence-corrected chi connectivity index (χ1v) is 7.97. The van der Waals surface area contributed by atoms with Crippen LogP contribution in [0.4, 0.5) is 5.69 Å². The van der Waals surface area contributed by atoms with Crippen molar-refractivity contribution in [2.24, 2.45) is 0 Å². The molecular weight excluding hydrogens is 342 g/mol. The molecule has 0 saturated carbocycles. The molecule has 1 unspecified atom stereocenters. The first kappa shape index (κ1) is 16.6. The molecule has 0 aliphatic rings. The van der Waals surface area contributed by atoms with Crippen LogP contribution in [0.3, 0.4) is 0 Å². The van der Waals surface area contributed by atoms with Gasteiger partial charge in [0.05, 0.1) is 5.69 Å². The van der Waals surface area contributed by atoms with Crippen LogP contribution in [0.25, 0.3) is 0 Å². The third kappa shape index (κ3) is 3.89. The van der Waals surface area contributed by atoms with Crippen molar-refractivity contribution in [2.75, 3.05) is 5.32 Å². The molecule has 0 aliphatic carbocycles. The minimum absolute atomic E-state index is 0.176. The highest BCUT2D eigenvalue weighted by atomic mass is 79.9. The number of hydrogen-bond acceptors (Lipinski definition) is 2. The van der Waals surface area contributed by atoms with Gasteiger partial charge in [-0.3, -0.25) is 4.79 Å². The summed E-state index contributed by atoms with van der Waals surface area (Å²) in [6, 6.07) is 11.6. The van der Waals surface area contributed by atoms with Crippen LogP contribution in [-0.4, -0.2) is 12.0 Å². The Kier molecular flexibility index (Phi) is 5.24. The Bertz CT molecular complexity index is 697. The predicted molar refractivity (Wildman–Crippen MR) is 93.5 cm³/mol. The van der Waals surface area contributed by atoms with Gasteiger partial charge in [0.2, 0.25) is 0 Å². The molecule has 2 aromatic rings. The first-order chi connectivity index (χ1) is 10.4. The summed E-state index contributed by atoms with van der Waals surface area (Å²) in [7, 11) is 0. The third-order valence-corrected chi connectivity index (χ3v) is 4.26. The van der Waals surface area contributed by atoms with Crippen molar-refractivity contribution in [3.05, 3.63) is 57.6 Å². The van der Waals surface area contributed by atoms with Crippen LogP contribution in [0.2, 0.25) is 0 Å². The van der Waals surface area contributed by atoms with E-state index in [4.69, 9.17) is 4.74 Å². The fourth-order valence-electron chi connectivity index (χ4n) is 2.16. The number of carbonyl (C=O) groups is 1. The minimum Gasteiger partial charge on any atom is -0.481 e. The summed E-state index contributed by atoms with van der Waals surface area (Å²) in [6.07, 6.45) is -0.577. The van der Waals surface area contributed by atoms with Crippen LogP contribution < -0.4 is 10.1 Å². The number of hydrogen-bond donors (Lipinski definition) is 1. The second-order valence-corrected chi connectivity index (χ2v) is 6.29. The maximum absolute atomic E-state index is 12.3. The van der Waals surface area contributed by atoms with Crippen LogP contribution in [0, 0.1) is 20.8 Å². The minimum atomic E-state index is -0.577. The van der Waals surface area contributed by atoms with Crippen molar-refractivity contribution >= 4 is 27.5 Å². The summed E-state index contributed by atoms with van der Waals surface area (Å²) in [5.74, 6) is 0.581.